The highest BCUT2D eigenvalue weighted by Gasteiger charge is 2.19. The number of nitrogens with one attached hydrogen (secondary N) is 1. The summed E-state index contributed by atoms with van der Waals surface area (Å²) < 4.78 is 19.8. The van der Waals surface area contributed by atoms with Crippen molar-refractivity contribution in [3.63, 3.8) is 0 Å². The maximum absolute atomic E-state index is 13.2. The van der Waals surface area contributed by atoms with E-state index < -0.39 is 6.09 Å². The molecule has 0 saturated heterocycles. The van der Waals surface area contributed by atoms with E-state index in [4.69, 9.17) is 4.74 Å². The van der Waals surface area contributed by atoms with Gasteiger partial charge in [0.05, 0.1) is 0 Å². The molecule has 2 aromatic heterocycles. The predicted octanol–water partition coefficient (Wildman–Crippen LogP) is 5.33. The van der Waals surface area contributed by atoms with Gasteiger partial charge in [-0.1, -0.05) is 34.1 Å². The van der Waals surface area contributed by atoms with Gasteiger partial charge in [-0.3, -0.25) is 0 Å². The van der Waals surface area contributed by atoms with E-state index in [-0.39, 0.29) is 17.6 Å². The number of ether oxygens (including phenoxy) is 1. The highest BCUT2D eigenvalue weighted by atomic mass is 79.9. The van der Waals surface area contributed by atoms with Crippen LogP contribution >= 0.6 is 15.9 Å². The molecule has 4 aromatic rings. The van der Waals surface area contributed by atoms with E-state index >= 15 is 0 Å². The molecule has 1 amide bonds. The summed E-state index contributed by atoms with van der Waals surface area (Å²) in [4.78, 5) is 29.7. The molecule has 0 spiro atoms. The molecule has 2 heterocycles. The third kappa shape index (κ3) is 6.09. The minimum atomic E-state index is -0.522. The van der Waals surface area contributed by atoms with Crippen LogP contribution in [0.1, 0.15) is 0 Å². The van der Waals surface area contributed by atoms with Gasteiger partial charge in [0.1, 0.15) is 5.82 Å². The highest BCUT2D eigenvalue weighted by molar-refractivity contribution is 9.10. The molecule has 0 fully saturated rings. The number of hydrogen-bond donors (Lipinski definition) is 1. The van der Waals surface area contributed by atoms with Crippen LogP contribution in [0.15, 0.2) is 65.3 Å². The zero-order valence-electron chi connectivity index (χ0n) is 19.5. The fourth-order valence-electron chi connectivity index (χ4n) is 3.22. The maximum Gasteiger partial charge on any atom is 0.416 e. The van der Waals surface area contributed by atoms with E-state index in [1.807, 2.05) is 49.3 Å². The van der Waals surface area contributed by atoms with Gasteiger partial charge in [0.15, 0.2) is 5.65 Å². The molecule has 0 atom stereocenters. The SMILES string of the molecule is CN(C)CCN(C)C(=O)Oc1nc2nc(Nc3ccc(F)cc3)ncc2cc1-c1ccccc1Br. The van der Waals surface area contributed by atoms with Crippen molar-refractivity contribution in [2.75, 3.05) is 39.5 Å². The number of fused-ring (bicyclic) bond motifs is 1. The van der Waals surface area contributed by atoms with Crippen LogP contribution in [-0.4, -0.2) is 65.1 Å². The van der Waals surface area contributed by atoms with Crippen LogP contribution in [0.5, 0.6) is 5.88 Å². The third-order valence-electron chi connectivity index (χ3n) is 5.18. The first kappa shape index (κ1) is 24.5. The summed E-state index contributed by atoms with van der Waals surface area (Å²) in [6.45, 7) is 1.19. The fourth-order valence-corrected chi connectivity index (χ4v) is 3.72. The van der Waals surface area contributed by atoms with Crippen molar-refractivity contribution < 1.29 is 13.9 Å². The van der Waals surface area contributed by atoms with Gasteiger partial charge in [-0.25, -0.2) is 14.2 Å². The highest BCUT2D eigenvalue weighted by Crippen LogP contribution is 2.36. The molecule has 0 saturated carbocycles. The summed E-state index contributed by atoms with van der Waals surface area (Å²) >= 11 is 3.57. The second-order valence-electron chi connectivity index (χ2n) is 8.15. The lowest BCUT2D eigenvalue weighted by molar-refractivity contribution is 0.158. The number of carbonyl (C=O) groups excluding carboxylic acids is 1. The van der Waals surface area contributed by atoms with Gasteiger partial charge >= 0.3 is 6.09 Å². The van der Waals surface area contributed by atoms with Crippen LogP contribution in [0.4, 0.5) is 20.8 Å². The Kier molecular flexibility index (Phi) is 7.52. The number of carbonyl (C=O) groups is 1. The maximum atomic E-state index is 13.2. The van der Waals surface area contributed by atoms with Gasteiger partial charge in [0, 0.05) is 53.0 Å². The molecule has 4 rings (SSSR count). The molecule has 0 bridgehead atoms. The molecule has 1 N–H and O–H groups in total. The largest absolute Gasteiger partial charge is 0.416 e. The first-order valence-corrected chi connectivity index (χ1v) is 11.6. The summed E-state index contributed by atoms with van der Waals surface area (Å²) in [5.74, 6) is 0.0846. The molecular formula is C25H24BrFN6O2. The van der Waals surface area contributed by atoms with Crippen molar-refractivity contribution in [2.24, 2.45) is 0 Å². The normalized spacial score (nSPS) is 11.0. The second-order valence-corrected chi connectivity index (χ2v) is 9.01. The quantitative estimate of drug-likeness (QED) is 0.340. The summed E-state index contributed by atoms with van der Waals surface area (Å²) in [6, 6.07) is 15.3. The molecule has 0 aliphatic carbocycles. The average Bonchev–Trinajstić information content (AvgIpc) is 2.84. The van der Waals surface area contributed by atoms with Crippen molar-refractivity contribution in [3.05, 3.63) is 71.1 Å². The van der Waals surface area contributed by atoms with E-state index in [1.165, 1.54) is 17.0 Å². The van der Waals surface area contributed by atoms with Crippen LogP contribution in [0.2, 0.25) is 0 Å². The van der Waals surface area contributed by atoms with Gasteiger partial charge in [0.25, 0.3) is 0 Å². The summed E-state index contributed by atoms with van der Waals surface area (Å²) in [5.41, 5.74) is 2.42. The van der Waals surface area contributed by atoms with Gasteiger partial charge in [-0.15, -0.1) is 0 Å². The summed E-state index contributed by atoms with van der Waals surface area (Å²) in [7, 11) is 5.55. The van der Waals surface area contributed by atoms with Gasteiger partial charge < -0.3 is 19.9 Å². The lowest BCUT2D eigenvalue weighted by atomic mass is 10.1. The van der Waals surface area contributed by atoms with Crippen LogP contribution < -0.4 is 10.1 Å². The van der Waals surface area contributed by atoms with E-state index in [1.54, 1.807) is 25.4 Å². The molecule has 8 nitrogen and oxygen atoms in total. The first-order chi connectivity index (χ1) is 16.8. The van der Waals surface area contributed by atoms with E-state index in [0.717, 1.165) is 10.0 Å². The number of rotatable bonds is 7. The van der Waals surface area contributed by atoms with Crippen LogP contribution in [0.25, 0.3) is 22.2 Å². The number of benzene rings is 2. The fraction of sp³-hybridized carbons (Fsp3) is 0.200. The predicted molar refractivity (Wildman–Crippen MR) is 137 cm³/mol. The molecule has 0 unspecified atom stereocenters. The monoisotopic (exact) mass is 538 g/mol. The standard InChI is InChI=1S/C25H24BrFN6O2/c1-32(2)12-13-33(3)25(34)35-23-20(19-6-4-5-7-21(19)26)14-16-15-28-24(31-22(16)30-23)29-18-10-8-17(27)9-11-18/h4-11,14-15H,12-13H2,1-3H3,(H,28,29,30,31). The van der Waals surface area contributed by atoms with Crippen LogP contribution in [-0.2, 0) is 0 Å². The second kappa shape index (κ2) is 10.7. The lowest BCUT2D eigenvalue weighted by Crippen LogP contribution is -2.35. The average molecular weight is 539 g/mol. The Morgan fingerprint density at radius 3 is 2.49 bits per heavy atom. The molecule has 10 heteroatoms. The van der Waals surface area contributed by atoms with Crippen molar-refractivity contribution in [3.8, 4) is 17.0 Å². The minimum Gasteiger partial charge on any atom is -0.390 e. The van der Waals surface area contributed by atoms with Crippen LogP contribution in [0, 0.1) is 5.82 Å². The van der Waals surface area contributed by atoms with Gasteiger partial charge in [-0.05, 0) is 50.5 Å². The number of hydrogen-bond acceptors (Lipinski definition) is 7. The zero-order valence-corrected chi connectivity index (χ0v) is 21.1. The first-order valence-electron chi connectivity index (χ1n) is 10.8. The van der Waals surface area contributed by atoms with Crippen molar-refractivity contribution in [2.45, 2.75) is 0 Å². The van der Waals surface area contributed by atoms with E-state index in [9.17, 15) is 9.18 Å². The molecule has 0 radical (unpaired) electrons. The molecule has 2 aromatic carbocycles. The molecular weight excluding hydrogens is 515 g/mol. The van der Waals surface area contributed by atoms with Crippen LogP contribution in [0.3, 0.4) is 0 Å². The Labute approximate surface area is 210 Å². The Balaban J connectivity index is 1.71. The Hall–Kier alpha value is -3.63. The van der Waals surface area contributed by atoms with Crippen molar-refractivity contribution in [1.29, 1.82) is 0 Å². The minimum absolute atomic E-state index is 0.137. The number of aromatic nitrogens is 3. The third-order valence-corrected chi connectivity index (χ3v) is 5.87. The topological polar surface area (TPSA) is 83.5 Å². The van der Waals surface area contributed by atoms with Gasteiger partial charge in [-0.2, -0.15) is 9.97 Å². The number of pyridine rings is 1. The molecule has 0 aliphatic rings. The molecule has 35 heavy (non-hydrogen) atoms. The number of halogens is 2. The summed E-state index contributed by atoms with van der Waals surface area (Å²) in [6.07, 6.45) is 1.11. The Morgan fingerprint density at radius 1 is 1.03 bits per heavy atom. The number of likely N-dealkylation sites (N-methyl/N-ethyl adjacent to an activating group) is 2. The number of nitrogens with zero attached hydrogens (tertiary/aromatic N) is 5. The molecule has 0 aliphatic heterocycles. The van der Waals surface area contributed by atoms with Gasteiger partial charge in [0.2, 0.25) is 11.8 Å². The molecule has 180 valence electrons. The smallest absolute Gasteiger partial charge is 0.390 e. The summed E-state index contributed by atoms with van der Waals surface area (Å²) in [5, 5.41) is 3.70. The number of anilines is 2. The Bertz CT molecular complexity index is 1350. The number of amides is 1. The van der Waals surface area contributed by atoms with E-state index in [0.29, 0.717) is 35.4 Å². The Morgan fingerprint density at radius 2 is 1.77 bits per heavy atom. The van der Waals surface area contributed by atoms with Crippen molar-refractivity contribution in [1.82, 2.24) is 24.8 Å². The lowest BCUT2D eigenvalue weighted by Gasteiger charge is -2.20. The zero-order chi connectivity index (χ0) is 24.9. The van der Waals surface area contributed by atoms with Crippen molar-refractivity contribution >= 4 is 44.7 Å². The van der Waals surface area contributed by atoms with E-state index in [2.05, 4.69) is 36.2 Å².